The third kappa shape index (κ3) is 5.17. The molecule has 0 amide bonds. The van der Waals surface area contributed by atoms with Crippen molar-refractivity contribution in [2.75, 3.05) is 14.2 Å². The highest BCUT2D eigenvalue weighted by Gasteiger charge is 2.23. The predicted molar refractivity (Wildman–Crippen MR) is 137 cm³/mol. The van der Waals surface area contributed by atoms with E-state index in [0.29, 0.717) is 17.2 Å². The molecule has 5 nitrogen and oxygen atoms in total. The van der Waals surface area contributed by atoms with Crippen LogP contribution in [0.2, 0.25) is 0 Å². The highest BCUT2D eigenvalue weighted by Crippen LogP contribution is 2.34. The summed E-state index contributed by atoms with van der Waals surface area (Å²) in [6.07, 6.45) is 0. The molecule has 0 heterocycles. The van der Waals surface area contributed by atoms with Gasteiger partial charge in [0.25, 0.3) is 0 Å². The molecular formula is C29H28O5S. The van der Waals surface area contributed by atoms with Crippen molar-refractivity contribution in [3.8, 4) is 23.0 Å². The Morgan fingerprint density at radius 3 is 1.20 bits per heavy atom. The molecule has 0 aromatic heterocycles. The number of ether oxygens (including phenoxy) is 3. The molecule has 0 aliphatic heterocycles. The Kier molecular flexibility index (Phi) is 6.85. The second-order valence-electron chi connectivity index (χ2n) is 8.63. The zero-order chi connectivity index (χ0) is 25.1. The first-order valence-corrected chi connectivity index (χ1v) is 12.6. The van der Waals surface area contributed by atoms with Crippen molar-refractivity contribution in [3.63, 3.8) is 0 Å². The van der Waals surface area contributed by atoms with Crippen LogP contribution in [0.1, 0.15) is 25.0 Å². The van der Waals surface area contributed by atoms with Gasteiger partial charge in [-0.2, -0.15) is 0 Å². The SMILES string of the molecule is COc1ccc(C(C)(C)c2ccc(Oc3ccc(S(=O)(=O)c4ccc(OC)cc4)cc3)cc2)cc1. The number of hydrogen-bond acceptors (Lipinski definition) is 5. The fourth-order valence-corrected chi connectivity index (χ4v) is 5.09. The monoisotopic (exact) mass is 488 g/mol. The summed E-state index contributed by atoms with van der Waals surface area (Å²) in [5.41, 5.74) is 2.14. The second kappa shape index (κ2) is 9.84. The zero-order valence-electron chi connectivity index (χ0n) is 20.2. The first-order valence-electron chi connectivity index (χ1n) is 11.2. The van der Waals surface area contributed by atoms with Crippen LogP contribution in [-0.2, 0) is 15.3 Å². The first-order chi connectivity index (χ1) is 16.7. The Bertz CT molecular complexity index is 1370. The van der Waals surface area contributed by atoms with Crippen molar-refractivity contribution in [3.05, 3.63) is 108 Å². The lowest BCUT2D eigenvalue weighted by molar-refractivity contribution is 0.414. The molecule has 0 fully saturated rings. The molecule has 0 saturated heterocycles. The zero-order valence-corrected chi connectivity index (χ0v) is 21.0. The van der Waals surface area contributed by atoms with Crippen LogP contribution in [0.15, 0.2) is 107 Å². The number of benzene rings is 4. The van der Waals surface area contributed by atoms with Crippen molar-refractivity contribution in [1.82, 2.24) is 0 Å². The molecule has 4 aromatic rings. The summed E-state index contributed by atoms with van der Waals surface area (Å²) < 4.78 is 42.1. The molecular weight excluding hydrogens is 460 g/mol. The van der Waals surface area contributed by atoms with E-state index in [1.807, 2.05) is 36.4 Å². The van der Waals surface area contributed by atoms with Gasteiger partial charge >= 0.3 is 0 Å². The Hall–Kier alpha value is -3.77. The molecule has 0 saturated carbocycles. The molecule has 0 unspecified atom stereocenters. The van der Waals surface area contributed by atoms with Crippen molar-refractivity contribution < 1.29 is 22.6 Å². The standard InChI is InChI=1S/C29H28O5S/c1-29(2,21-5-9-23(32-3)10-6-21)22-7-11-25(12-8-22)34-26-15-19-28(20-16-26)35(30,31)27-17-13-24(33-4)14-18-27/h5-20H,1-4H3. The van der Waals surface area contributed by atoms with Gasteiger partial charge in [0.1, 0.15) is 23.0 Å². The van der Waals surface area contributed by atoms with Gasteiger partial charge in [-0.25, -0.2) is 8.42 Å². The minimum absolute atomic E-state index is 0.192. The van der Waals surface area contributed by atoms with Crippen LogP contribution in [0.5, 0.6) is 23.0 Å². The molecule has 0 aliphatic carbocycles. The molecule has 0 aliphatic rings. The van der Waals surface area contributed by atoms with Gasteiger partial charge in [0.2, 0.25) is 9.84 Å². The average Bonchev–Trinajstić information content (AvgIpc) is 2.89. The summed E-state index contributed by atoms with van der Waals surface area (Å²) >= 11 is 0. The topological polar surface area (TPSA) is 61.8 Å². The molecule has 0 radical (unpaired) electrons. The lowest BCUT2D eigenvalue weighted by Gasteiger charge is -2.26. The number of rotatable bonds is 8. The van der Waals surface area contributed by atoms with E-state index in [0.717, 1.165) is 11.3 Å². The minimum Gasteiger partial charge on any atom is -0.497 e. The smallest absolute Gasteiger partial charge is 0.206 e. The highest BCUT2D eigenvalue weighted by atomic mass is 32.2. The summed E-state index contributed by atoms with van der Waals surface area (Å²) in [4.78, 5) is 0.411. The fourth-order valence-electron chi connectivity index (χ4n) is 3.83. The quantitative estimate of drug-likeness (QED) is 0.278. The van der Waals surface area contributed by atoms with Gasteiger partial charge in [-0.15, -0.1) is 0 Å². The van der Waals surface area contributed by atoms with Gasteiger partial charge in [-0.05, 0) is 83.9 Å². The summed E-state index contributed by atoms with van der Waals surface area (Å²) in [5, 5.41) is 0. The van der Waals surface area contributed by atoms with E-state index in [9.17, 15) is 8.42 Å². The van der Waals surface area contributed by atoms with Crippen LogP contribution in [0.25, 0.3) is 0 Å². The molecule has 0 spiro atoms. The van der Waals surface area contributed by atoms with Crippen molar-refractivity contribution in [2.24, 2.45) is 0 Å². The summed E-state index contributed by atoms with van der Waals surface area (Å²) in [7, 11) is -0.427. The molecule has 4 aromatic carbocycles. The molecule has 4 rings (SSSR count). The molecule has 0 bridgehead atoms. The van der Waals surface area contributed by atoms with Crippen LogP contribution in [0.3, 0.4) is 0 Å². The van der Waals surface area contributed by atoms with Crippen molar-refractivity contribution >= 4 is 9.84 Å². The lowest BCUT2D eigenvalue weighted by Crippen LogP contribution is -2.18. The molecule has 180 valence electrons. The number of methoxy groups -OCH3 is 2. The van der Waals surface area contributed by atoms with E-state index in [4.69, 9.17) is 14.2 Å². The van der Waals surface area contributed by atoms with Gasteiger partial charge in [0, 0.05) is 5.41 Å². The van der Waals surface area contributed by atoms with Gasteiger partial charge < -0.3 is 14.2 Å². The number of sulfone groups is 1. The molecule has 35 heavy (non-hydrogen) atoms. The van der Waals surface area contributed by atoms with Crippen LogP contribution < -0.4 is 14.2 Å². The molecule has 0 N–H and O–H groups in total. The van der Waals surface area contributed by atoms with Crippen molar-refractivity contribution in [2.45, 2.75) is 29.1 Å². The maximum absolute atomic E-state index is 12.9. The second-order valence-corrected chi connectivity index (χ2v) is 10.6. The summed E-state index contributed by atoms with van der Waals surface area (Å²) in [6.45, 7) is 4.35. The van der Waals surface area contributed by atoms with E-state index >= 15 is 0 Å². The maximum atomic E-state index is 12.9. The van der Waals surface area contributed by atoms with E-state index in [1.165, 1.54) is 24.8 Å². The molecule has 6 heteroatoms. The highest BCUT2D eigenvalue weighted by molar-refractivity contribution is 7.91. The van der Waals surface area contributed by atoms with Crippen LogP contribution in [0.4, 0.5) is 0 Å². The van der Waals surface area contributed by atoms with Crippen LogP contribution in [0, 0.1) is 0 Å². The Morgan fingerprint density at radius 2 is 0.829 bits per heavy atom. The minimum atomic E-state index is -3.63. The fraction of sp³-hybridized carbons (Fsp3) is 0.172. The van der Waals surface area contributed by atoms with Gasteiger partial charge in [-0.1, -0.05) is 38.1 Å². The maximum Gasteiger partial charge on any atom is 0.206 e. The number of hydrogen-bond donors (Lipinski definition) is 0. The normalized spacial score (nSPS) is 11.7. The first kappa shape index (κ1) is 24.4. The van der Waals surface area contributed by atoms with Crippen LogP contribution in [-0.4, -0.2) is 22.6 Å². The predicted octanol–water partition coefficient (Wildman–Crippen LogP) is 6.65. The Balaban J connectivity index is 1.47. The largest absolute Gasteiger partial charge is 0.497 e. The Labute approximate surface area is 206 Å². The summed E-state index contributed by atoms with van der Waals surface area (Å²) in [6, 6.07) is 28.8. The molecule has 0 atom stereocenters. The third-order valence-corrected chi connectivity index (χ3v) is 7.91. The summed E-state index contributed by atoms with van der Waals surface area (Å²) in [5.74, 6) is 2.66. The van der Waals surface area contributed by atoms with Crippen molar-refractivity contribution in [1.29, 1.82) is 0 Å². The van der Waals surface area contributed by atoms with Gasteiger partial charge in [0.15, 0.2) is 0 Å². The van der Waals surface area contributed by atoms with Crippen LogP contribution >= 0.6 is 0 Å². The average molecular weight is 489 g/mol. The van der Waals surface area contributed by atoms with E-state index in [2.05, 4.69) is 26.0 Å². The van der Waals surface area contributed by atoms with E-state index < -0.39 is 9.84 Å². The van der Waals surface area contributed by atoms with E-state index in [1.54, 1.807) is 43.5 Å². The Morgan fingerprint density at radius 1 is 0.514 bits per heavy atom. The third-order valence-electron chi connectivity index (χ3n) is 6.13. The van der Waals surface area contributed by atoms with Gasteiger partial charge in [-0.3, -0.25) is 0 Å². The lowest BCUT2D eigenvalue weighted by atomic mass is 9.78. The van der Waals surface area contributed by atoms with E-state index in [-0.39, 0.29) is 15.2 Å². The van der Waals surface area contributed by atoms with Gasteiger partial charge in [0.05, 0.1) is 24.0 Å².